The molecule has 10 heteroatoms. The fraction of sp³-hybridized carbons (Fsp3) is 0.250. The first-order valence-corrected chi connectivity index (χ1v) is 12.5. The Bertz CT molecular complexity index is 1660. The molecular weight excluding hydrogens is 485 g/mol. The molecule has 1 fully saturated rings. The number of carbonyl (C=O) groups excluding carboxylic acids is 1. The highest BCUT2D eigenvalue weighted by molar-refractivity contribution is 6.04. The van der Waals surface area contributed by atoms with Gasteiger partial charge in [0.1, 0.15) is 23.6 Å². The van der Waals surface area contributed by atoms with Crippen LogP contribution in [0.25, 0.3) is 27.8 Å². The SMILES string of the molecule is COc1cccc(F)c1CN1CCCC(C=NC(=O)c2ccc3[nH]nc(-c4ccc5nncn5c4)c3c2)C1. The smallest absolute Gasteiger partial charge is 0.276 e. The maximum Gasteiger partial charge on any atom is 0.276 e. The van der Waals surface area contributed by atoms with Crippen molar-refractivity contribution in [2.75, 3.05) is 20.2 Å². The monoisotopic (exact) mass is 511 g/mol. The minimum absolute atomic E-state index is 0.106. The van der Waals surface area contributed by atoms with Gasteiger partial charge in [0, 0.05) is 53.5 Å². The first-order valence-electron chi connectivity index (χ1n) is 12.5. The third kappa shape index (κ3) is 4.66. The normalized spacial score (nSPS) is 16.5. The number of carbonyl (C=O) groups is 1. The molecule has 0 bridgehead atoms. The van der Waals surface area contributed by atoms with Crippen LogP contribution >= 0.6 is 0 Å². The van der Waals surface area contributed by atoms with Gasteiger partial charge in [-0.15, -0.1) is 10.2 Å². The lowest BCUT2D eigenvalue weighted by molar-refractivity contribution is 0.100. The topological polar surface area (TPSA) is 101 Å². The summed E-state index contributed by atoms with van der Waals surface area (Å²) in [5, 5.41) is 16.3. The second kappa shape index (κ2) is 10.1. The summed E-state index contributed by atoms with van der Waals surface area (Å²) < 4.78 is 21.6. The van der Waals surface area contributed by atoms with E-state index in [0.717, 1.165) is 47.2 Å². The summed E-state index contributed by atoms with van der Waals surface area (Å²) in [6, 6.07) is 14.1. The van der Waals surface area contributed by atoms with Crippen molar-refractivity contribution in [2.45, 2.75) is 19.4 Å². The number of amides is 1. The highest BCUT2D eigenvalue weighted by Crippen LogP contribution is 2.28. The van der Waals surface area contributed by atoms with E-state index in [-0.39, 0.29) is 17.6 Å². The van der Waals surface area contributed by atoms with Gasteiger partial charge in [-0.05, 0) is 61.9 Å². The molecule has 1 N–H and O–H groups in total. The molecule has 3 aromatic heterocycles. The van der Waals surface area contributed by atoms with Gasteiger partial charge in [-0.1, -0.05) is 6.07 Å². The number of halogens is 1. The van der Waals surface area contributed by atoms with E-state index >= 15 is 0 Å². The number of hydrogen-bond donors (Lipinski definition) is 1. The fourth-order valence-corrected chi connectivity index (χ4v) is 5.05. The van der Waals surface area contributed by atoms with Crippen molar-refractivity contribution < 1.29 is 13.9 Å². The van der Waals surface area contributed by atoms with E-state index in [1.807, 2.05) is 34.9 Å². The van der Waals surface area contributed by atoms with Crippen LogP contribution in [0.2, 0.25) is 0 Å². The third-order valence-electron chi connectivity index (χ3n) is 7.00. The number of nitrogens with one attached hydrogen (secondary N) is 1. The Morgan fingerprint density at radius 1 is 1.26 bits per heavy atom. The van der Waals surface area contributed by atoms with E-state index in [9.17, 15) is 9.18 Å². The Morgan fingerprint density at radius 2 is 2.18 bits per heavy atom. The van der Waals surface area contributed by atoms with Gasteiger partial charge in [-0.3, -0.25) is 19.2 Å². The number of likely N-dealkylation sites (tertiary alicyclic amines) is 1. The number of pyridine rings is 1. The van der Waals surface area contributed by atoms with Crippen molar-refractivity contribution in [3.8, 4) is 17.0 Å². The van der Waals surface area contributed by atoms with Crippen molar-refractivity contribution in [1.29, 1.82) is 0 Å². The Labute approximate surface area is 218 Å². The molecule has 5 aromatic rings. The zero-order chi connectivity index (χ0) is 26.1. The summed E-state index contributed by atoms with van der Waals surface area (Å²) >= 11 is 0. The molecule has 1 aliphatic heterocycles. The fourth-order valence-electron chi connectivity index (χ4n) is 5.05. The average Bonchev–Trinajstić information content (AvgIpc) is 3.59. The van der Waals surface area contributed by atoms with Gasteiger partial charge in [0.15, 0.2) is 5.65 Å². The van der Waals surface area contributed by atoms with Crippen LogP contribution in [0.4, 0.5) is 4.39 Å². The number of fused-ring (bicyclic) bond motifs is 2. The van der Waals surface area contributed by atoms with Crippen LogP contribution < -0.4 is 4.74 Å². The molecule has 9 nitrogen and oxygen atoms in total. The highest BCUT2D eigenvalue weighted by Gasteiger charge is 2.22. The van der Waals surface area contributed by atoms with Gasteiger partial charge in [-0.2, -0.15) is 5.10 Å². The lowest BCUT2D eigenvalue weighted by Gasteiger charge is -2.31. The summed E-state index contributed by atoms with van der Waals surface area (Å²) in [6.07, 6.45) is 7.16. The van der Waals surface area contributed by atoms with Crippen LogP contribution in [0, 0.1) is 11.7 Å². The zero-order valence-electron chi connectivity index (χ0n) is 20.8. The molecule has 1 atom stereocenters. The van der Waals surface area contributed by atoms with Crippen molar-refractivity contribution in [1.82, 2.24) is 29.7 Å². The summed E-state index contributed by atoms with van der Waals surface area (Å²) in [5.41, 5.74) is 4.23. The molecule has 0 radical (unpaired) electrons. The van der Waals surface area contributed by atoms with E-state index in [2.05, 4.69) is 30.3 Å². The molecule has 1 saturated heterocycles. The summed E-state index contributed by atoms with van der Waals surface area (Å²) in [6.45, 7) is 2.01. The maximum atomic E-state index is 14.4. The number of ether oxygens (including phenoxy) is 1. The van der Waals surface area contributed by atoms with Gasteiger partial charge < -0.3 is 4.74 Å². The zero-order valence-corrected chi connectivity index (χ0v) is 20.8. The van der Waals surface area contributed by atoms with Gasteiger partial charge in [0.25, 0.3) is 5.91 Å². The number of benzene rings is 2. The van der Waals surface area contributed by atoms with Gasteiger partial charge >= 0.3 is 0 Å². The molecule has 1 unspecified atom stereocenters. The minimum atomic E-state index is -0.304. The molecule has 0 spiro atoms. The molecule has 0 saturated carbocycles. The number of aliphatic imine (C=N–C) groups is 1. The second-order valence-electron chi connectivity index (χ2n) is 9.49. The standard InChI is InChI=1S/C28H26FN7O2/c1-38-25-6-2-5-23(29)22(25)16-35-11-3-4-18(14-35)13-30-28(37)19-7-9-24-21(12-19)27(34-32-24)20-8-10-26-33-31-17-36(26)15-20/h2,5-10,12-13,15,17-18H,3-4,11,14,16H2,1H3,(H,32,34). The minimum Gasteiger partial charge on any atom is -0.496 e. The quantitative estimate of drug-likeness (QED) is 0.336. The maximum absolute atomic E-state index is 14.4. The van der Waals surface area contributed by atoms with E-state index in [1.54, 1.807) is 37.9 Å². The van der Waals surface area contributed by atoms with Crippen molar-refractivity contribution >= 4 is 28.7 Å². The Kier molecular flexibility index (Phi) is 6.38. The largest absolute Gasteiger partial charge is 0.496 e. The average molecular weight is 512 g/mol. The Balaban J connectivity index is 1.18. The molecule has 38 heavy (non-hydrogen) atoms. The predicted molar refractivity (Wildman–Crippen MR) is 142 cm³/mol. The van der Waals surface area contributed by atoms with Crippen LogP contribution in [0.5, 0.6) is 5.75 Å². The first-order chi connectivity index (χ1) is 18.6. The van der Waals surface area contributed by atoms with Crippen LogP contribution in [-0.2, 0) is 6.54 Å². The Morgan fingerprint density at radius 3 is 3.08 bits per heavy atom. The summed E-state index contributed by atoms with van der Waals surface area (Å²) in [5.74, 6) is 0.0768. The third-order valence-corrected chi connectivity index (χ3v) is 7.00. The number of nitrogens with zero attached hydrogens (tertiary/aromatic N) is 6. The molecule has 1 amide bonds. The van der Waals surface area contributed by atoms with Gasteiger partial charge in [-0.25, -0.2) is 9.38 Å². The molecule has 192 valence electrons. The van der Waals surface area contributed by atoms with Crippen molar-refractivity contribution in [3.63, 3.8) is 0 Å². The molecule has 1 aliphatic rings. The molecular formula is C28H26FN7O2. The highest BCUT2D eigenvalue weighted by atomic mass is 19.1. The number of rotatable bonds is 6. The molecule has 4 heterocycles. The molecule has 6 rings (SSSR count). The van der Waals surface area contributed by atoms with E-state index < -0.39 is 0 Å². The second-order valence-corrected chi connectivity index (χ2v) is 9.49. The number of aromatic nitrogens is 5. The van der Waals surface area contributed by atoms with Gasteiger partial charge in [0.2, 0.25) is 0 Å². The number of methoxy groups -OCH3 is 1. The summed E-state index contributed by atoms with van der Waals surface area (Å²) in [7, 11) is 1.55. The van der Waals surface area contributed by atoms with Crippen LogP contribution in [0.15, 0.2) is 66.0 Å². The lowest BCUT2D eigenvalue weighted by Crippen LogP contribution is -2.36. The predicted octanol–water partition coefficient (Wildman–Crippen LogP) is 4.54. The number of hydrogen-bond acceptors (Lipinski definition) is 6. The summed E-state index contributed by atoms with van der Waals surface area (Å²) in [4.78, 5) is 19.5. The van der Waals surface area contributed by atoms with Crippen LogP contribution in [0.1, 0.15) is 28.8 Å². The molecule has 0 aliphatic carbocycles. The lowest BCUT2D eigenvalue weighted by atomic mass is 9.98. The number of aromatic amines is 1. The van der Waals surface area contributed by atoms with E-state index in [1.165, 1.54) is 6.07 Å². The number of H-pyrrole nitrogens is 1. The number of piperidine rings is 1. The molecule has 2 aromatic carbocycles. The van der Waals surface area contributed by atoms with E-state index in [0.29, 0.717) is 30.0 Å². The van der Waals surface area contributed by atoms with E-state index in [4.69, 9.17) is 4.74 Å². The first kappa shape index (κ1) is 23.9. The van der Waals surface area contributed by atoms with Crippen molar-refractivity contribution in [2.24, 2.45) is 10.9 Å². The van der Waals surface area contributed by atoms with Crippen LogP contribution in [-0.4, -0.2) is 62.0 Å². The van der Waals surface area contributed by atoms with Crippen LogP contribution in [0.3, 0.4) is 0 Å². The van der Waals surface area contributed by atoms with Gasteiger partial charge in [0.05, 0.1) is 12.6 Å². The van der Waals surface area contributed by atoms with Crippen molar-refractivity contribution in [3.05, 3.63) is 78.0 Å². The Hall–Kier alpha value is -4.44.